The van der Waals surface area contributed by atoms with Gasteiger partial charge in [-0.1, -0.05) is 18.2 Å². The van der Waals surface area contributed by atoms with Crippen LogP contribution in [0.4, 0.5) is 0 Å². The number of aliphatic carboxylic acids is 1. The zero-order valence-electron chi connectivity index (χ0n) is 11.5. The minimum atomic E-state index is -0.850. The Morgan fingerprint density at radius 2 is 1.95 bits per heavy atom. The highest BCUT2D eigenvalue weighted by Gasteiger charge is 2.52. The monoisotopic (exact) mass is 263 g/mol. The van der Waals surface area contributed by atoms with Gasteiger partial charge in [0.15, 0.2) is 0 Å². The molecule has 0 aromatic carbocycles. The van der Waals surface area contributed by atoms with Crippen LogP contribution in [-0.2, 0) is 9.59 Å². The molecule has 1 fully saturated rings. The zero-order valence-corrected chi connectivity index (χ0v) is 11.5. The summed E-state index contributed by atoms with van der Waals surface area (Å²) >= 11 is 0. The Bertz CT molecular complexity index is 427. The maximum Gasteiger partial charge on any atom is 0.307 e. The fourth-order valence-corrected chi connectivity index (χ4v) is 3.38. The van der Waals surface area contributed by atoms with Crippen molar-refractivity contribution in [3.05, 3.63) is 24.8 Å². The normalized spacial score (nSPS) is 31.7. The first-order valence-electron chi connectivity index (χ1n) is 6.79. The number of hydrogen-bond acceptors (Lipinski definition) is 2. The second kappa shape index (κ2) is 5.19. The molecule has 0 aliphatic heterocycles. The molecular formula is C15H21NO3. The molecule has 2 aliphatic rings. The molecule has 1 saturated carbocycles. The summed E-state index contributed by atoms with van der Waals surface area (Å²) in [4.78, 5) is 25.8. The number of hydrogen-bond donors (Lipinski definition) is 1. The Kier molecular flexibility index (Phi) is 3.78. The lowest BCUT2D eigenvalue weighted by atomic mass is 9.82. The van der Waals surface area contributed by atoms with Crippen LogP contribution in [0.15, 0.2) is 24.8 Å². The summed E-state index contributed by atoms with van der Waals surface area (Å²) in [6.45, 7) is 8.03. The number of carbonyl (C=O) groups is 2. The Morgan fingerprint density at radius 1 is 1.37 bits per heavy atom. The fraction of sp³-hybridized carbons (Fsp3) is 0.600. The van der Waals surface area contributed by atoms with Crippen molar-refractivity contribution in [1.29, 1.82) is 0 Å². The van der Waals surface area contributed by atoms with E-state index in [0.717, 1.165) is 6.42 Å². The maximum absolute atomic E-state index is 12.7. The molecule has 2 rings (SSSR count). The van der Waals surface area contributed by atoms with Crippen molar-refractivity contribution in [2.24, 2.45) is 23.7 Å². The number of carboxylic acids is 1. The van der Waals surface area contributed by atoms with Gasteiger partial charge in [0.05, 0.1) is 11.8 Å². The second-order valence-electron chi connectivity index (χ2n) is 5.71. The van der Waals surface area contributed by atoms with Crippen LogP contribution >= 0.6 is 0 Å². The van der Waals surface area contributed by atoms with Crippen LogP contribution in [0.3, 0.4) is 0 Å². The summed E-state index contributed by atoms with van der Waals surface area (Å²) in [5.41, 5.74) is 0. The van der Waals surface area contributed by atoms with Crippen LogP contribution < -0.4 is 0 Å². The van der Waals surface area contributed by atoms with E-state index in [1.165, 1.54) is 0 Å². The quantitative estimate of drug-likeness (QED) is 0.771. The van der Waals surface area contributed by atoms with E-state index in [0.29, 0.717) is 6.54 Å². The third kappa shape index (κ3) is 2.31. The first-order chi connectivity index (χ1) is 8.97. The van der Waals surface area contributed by atoms with Gasteiger partial charge >= 0.3 is 5.97 Å². The van der Waals surface area contributed by atoms with Gasteiger partial charge in [0.25, 0.3) is 0 Å². The van der Waals surface area contributed by atoms with Gasteiger partial charge in [-0.15, -0.1) is 6.58 Å². The van der Waals surface area contributed by atoms with E-state index in [9.17, 15) is 14.7 Å². The SMILES string of the molecule is C=CCN(C(=O)[C@H]1C2C=CC(C2)[C@H]1C(=O)O)C(C)C. The highest BCUT2D eigenvalue weighted by molar-refractivity contribution is 5.87. The average Bonchev–Trinajstić information content (AvgIpc) is 2.94. The van der Waals surface area contributed by atoms with Gasteiger partial charge in [-0.05, 0) is 32.1 Å². The van der Waals surface area contributed by atoms with Crippen LogP contribution in [0.25, 0.3) is 0 Å². The van der Waals surface area contributed by atoms with Crippen molar-refractivity contribution in [1.82, 2.24) is 4.90 Å². The lowest BCUT2D eigenvalue weighted by molar-refractivity contribution is -0.151. The van der Waals surface area contributed by atoms with Crippen molar-refractivity contribution in [2.45, 2.75) is 26.3 Å². The van der Waals surface area contributed by atoms with Gasteiger partial charge in [0.2, 0.25) is 5.91 Å². The molecule has 4 nitrogen and oxygen atoms in total. The molecular weight excluding hydrogens is 242 g/mol. The van der Waals surface area contributed by atoms with Gasteiger partial charge in [-0.2, -0.15) is 0 Å². The van der Waals surface area contributed by atoms with Crippen molar-refractivity contribution in [2.75, 3.05) is 6.54 Å². The van der Waals surface area contributed by atoms with E-state index >= 15 is 0 Å². The Labute approximate surface area is 113 Å². The molecule has 4 atom stereocenters. The number of rotatable bonds is 5. The maximum atomic E-state index is 12.7. The van der Waals surface area contributed by atoms with E-state index in [-0.39, 0.29) is 23.8 Å². The molecule has 104 valence electrons. The van der Waals surface area contributed by atoms with Gasteiger partial charge < -0.3 is 10.0 Å². The smallest absolute Gasteiger partial charge is 0.307 e. The number of carbonyl (C=O) groups excluding carboxylic acids is 1. The summed E-state index contributed by atoms with van der Waals surface area (Å²) < 4.78 is 0. The molecule has 19 heavy (non-hydrogen) atoms. The Hall–Kier alpha value is -1.58. The van der Waals surface area contributed by atoms with E-state index < -0.39 is 17.8 Å². The van der Waals surface area contributed by atoms with E-state index in [2.05, 4.69) is 6.58 Å². The molecule has 2 aliphatic carbocycles. The highest BCUT2D eigenvalue weighted by Crippen LogP contribution is 2.48. The second-order valence-corrected chi connectivity index (χ2v) is 5.71. The third-order valence-electron chi connectivity index (χ3n) is 4.26. The minimum absolute atomic E-state index is 0.0224. The van der Waals surface area contributed by atoms with E-state index in [1.807, 2.05) is 26.0 Å². The summed E-state index contributed by atoms with van der Waals surface area (Å²) in [6, 6.07) is 0.0584. The Morgan fingerprint density at radius 3 is 2.42 bits per heavy atom. The minimum Gasteiger partial charge on any atom is -0.481 e. The molecule has 0 radical (unpaired) electrons. The molecule has 0 spiro atoms. The van der Waals surface area contributed by atoms with Gasteiger partial charge in [0, 0.05) is 12.6 Å². The predicted molar refractivity (Wildman–Crippen MR) is 72.4 cm³/mol. The van der Waals surface area contributed by atoms with Gasteiger partial charge in [-0.3, -0.25) is 9.59 Å². The molecule has 0 aromatic rings. The summed E-state index contributed by atoms with van der Waals surface area (Å²) in [7, 11) is 0. The summed E-state index contributed by atoms with van der Waals surface area (Å²) in [5, 5.41) is 9.38. The highest BCUT2D eigenvalue weighted by atomic mass is 16.4. The molecule has 0 aromatic heterocycles. The molecule has 4 heteroatoms. The number of allylic oxidation sites excluding steroid dienone is 2. The lowest BCUT2D eigenvalue weighted by Crippen LogP contribution is -2.45. The van der Waals surface area contributed by atoms with Crippen LogP contribution in [0.1, 0.15) is 20.3 Å². The van der Waals surface area contributed by atoms with Crippen LogP contribution in [0.5, 0.6) is 0 Å². The zero-order chi connectivity index (χ0) is 14.2. The topological polar surface area (TPSA) is 57.6 Å². The van der Waals surface area contributed by atoms with Crippen LogP contribution in [0.2, 0.25) is 0 Å². The fourth-order valence-electron chi connectivity index (χ4n) is 3.38. The first kappa shape index (κ1) is 13.8. The number of carboxylic acid groups (broad SMARTS) is 1. The summed E-state index contributed by atoms with van der Waals surface area (Å²) in [5.74, 6) is -1.75. The van der Waals surface area contributed by atoms with Crippen molar-refractivity contribution < 1.29 is 14.7 Å². The standard InChI is InChI=1S/C15H21NO3/c1-4-7-16(9(2)3)14(17)12-10-5-6-11(8-10)13(12)15(18)19/h4-6,9-13H,1,7-8H2,2-3H3,(H,18,19)/t10?,11?,12-,13+/m0/s1. The third-order valence-corrected chi connectivity index (χ3v) is 4.26. The largest absolute Gasteiger partial charge is 0.481 e. The van der Waals surface area contributed by atoms with Crippen LogP contribution in [0, 0.1) is 23.7 Å². The van der Waals surface area contributed by atoms with E-state index in [4.69, 9.17) is 0 Å². The molecule has 2 bridgehead atoms. The van der Waals surface area contributed by atoms with Crippen molar-refractivity contribution >= 4 is 11.9 Å². The lowest BCUT2D eigenvalue weighted by Gasteiger charge is -2.32. The molecule has 1 N–H and O–H groups in total. The van der Waals surface area contributed by atoms with Gasteiger partial charge in [0.1, 0.15) is 0 Å². The molecule has 1 amide bonds. The molecule has 2 unspecified atom stereocenters. The predicted octanol–water partition coefficient (Wildman–Crippen LogP) is 1.93. The number of fused-ring (bicyclic) bond motifs is 2. The summed E-state index contributed by atoms with van der Waals surface area (Å²) in [6.07, 6.45) is 6.46. The molecule has 0 heterocycles. The average molecular weight is 263 g/mol. The Balaban J connectivity index is 2.24. The van der Waals surface area contributed by atoms with Gasteiger partial charge in [-0.25, -0.2) is 0 Å². The van der Waals surface area contributed by atoms with E-state index in [1.54, 1.807) is 11.0 Å². The number of amides is 1. The first-order valence-corrected chi connectivity index (χ1v) is 6.79. The van der Waals surface area contributed by atoms with Crippen molar-refractivity contribution in [3.63, 3.8) is 0 Å². The van der Waals surface area contributed by atoms with Crippen LogP contribution in [-0.4, -0.2) is 34.5 Å². The van der Waals surface area contributed by atoms with Crippen molar-refractivity contribution in [3.8, 4) is 0 Å². The number of nitrogens with zero attached hydrogens (tertiary/aromatic N) is 1. The molecule has 0 saturated heterocycles.